The molecule has 2 aromatic carbocycles. The number of nitrogen functional groups attached to an aromatic ring is 1. The van der Waals surface area contributed by atoms with Crippen molar-refractivity contribution in [1.29, 1.82) is 0 Å². The predicted molar refractivity (Wildman–Crippen MR) is 102 cm³/mol. The fourth-order valence-corrected chi connectivity index (χ4v) is 2.50. The number of carbonyl (C=O) groups excluding carboxylic acids is 1. The fourth-order valence-electron chi connectivity index (χ4n) is 2.50. The Morgan fingerprint density at radius 2 is 1.88 bits per heavy atom. The van der Waals surface area contributed by atoms with Crippen LogP contribution in [-0.4, -0.2) is 18.2 Å². The summed E-state index contributed by atoms with van der Waals surface area (Å²) in [4.78, 5) is 11.9. The minimum atomic E-state index is -0.305. The van der Waals surface area contributed by atoms with Crippen LogP contribution in [0.5, 0.6) is 5.75 Å². The third-order valence-electron chi connectivity index (χ3n) is 3.91. The molecule has 1 amide bonds. The number of hydrogen-bond acceptors (Lipinski definition) is 4. The van der Waals surface area contributed by atoms with Crippen LogP contribution in [0, 0.1) is 6.92 Å². The number of carbonyl (C=O) groups is 1. The first-order valence-corrected chi connectivity index (χ1v) is 8.29. The summed E-state index contributed by atoms with van der Waals surface area (Å²) in [6.07, 6.45) is 0. The van der Waals surface area contributed by atoms with Crippen molar-refractivity contribution in [2.75, 3.05) is 12.3 Å². The second-order valence-electron chi connectivity index (χ2n) is 6.32. The normalized spacial score (nSPS) is 11.5. The van der Waals surface area contributed by atoms with Gasteiger partial charge in [0.25, 0.3) is 5.91 Å². The largest absolute Gasteiger partial charge is 0.484 e. The van der Waals surface area contributed by atoms with E-state index in [1.165, 1.54) is 5.56 Å². The van der Waals surface area contributed by atoms with Crippen molar-refractivity contribution in [3.63, 3.8) is 0 Å². The molecule has 0 heterocycles. The molecule has 3 N–H and O–H groups in total. The van der Waals surface area contributed by atoms with E-state index in [-0.39, 0.29) is 12.5 Å². The second kappa shape index (κ2) is 8.33. The lowest BCUT2D eigenvalue weighted by Crippen LogP contribution is -2.25. The molecule has 0 unspecified atom stereocenters. The SMILES string of the molecule is C/C(=N\NC(=O)COc1ccc(C(C)C)c(C)c1)c1ccc(N)cc1. The fraction of sp³-hybridized carbons (Fsp3) is 0.300. The second-order valence-corrected chi connectivity index (χ2v) is 6.32. The molecular formula is C20H25N3O2. The molecule has 0 atom stereocenters. The topological polar surface area (TPSA) is 76.7 Å². The van der Waals surface area contributed by atoms with E-state index in [2.05, 4.69) is 24.4 Å². The van der Waals surface area contributed by atoms with Crippen molar-refractivity contribution in [2.24, 2.45) is 5.10 Å². The maximum absolute atomic E-state index is 11.9. The van der Waals surface area contributed by atoms with Gasteiger partial charge in [-0.25, -0.2) is 5.43 Å². The lowest BCUT2D eigenvalue weighted by atomic mass is 9.98. The number of aryl methyl sites for hydroxylation is 1. The quantitative estimate of drug-likeness (QED) is 0.479. The highest BCUT2D eigenvalue weighted by Crippen LogP contribution is 2.23. The summed E-state index contributed by atoms with van der Waals surface area (Å²) in [6, 6.07) is 13.2. The van der Waals surface area contributed by atoms with Crippen molar-refractivity contribution in [2.45, 2.75) is 33.6 Å². The summed E-state index contributed by atoms with van der Waals surface area (Å²) in [7, 11) is 0. The van der Waals surface area contributed by atoms with Crippen LogP contribution < -0.4 is 15.9 Å². The van der Waals surface area contributed by atoms with Crippen LogP contribution in [0.25, 0.3) is 0 Å². The highest BCUT2D eigenvalue weighted by molar-refractivity contribution is 5.99. The molecule has 2 aromatic rings. The van der Waals surface area contributed by atoms with Gasteiger partial charge in [0.1, 0.15) is 5.75 Å². The molecule has 0 aliphatic carbocycles. The van der Waals surface area contributed by atoms with Crippen molar-refractivity contribution in [3.8, 4) is 5.75 Å². The Morgan fingerprint density at radius 3 is 2.48 bits per heavy atom. The maximum Gasteiger partial charge on any atom is 0.277 e. The first-order valence-electron chi connectivity index (χ1n) is 8.29. The minimum absolute atomic E-state index is 0.0843. The number of nitrogens with two attached hydrogens (primary N) is 1. The smallest absolute Gasteiger partial charge is 0.277 e. The highest BCUT2D eigenvalue weighted by atomic mass is 16.5. The van der Waals surface area contributed by atoms with Gasteiger partial charge in [0.05, 0.1) is 5.71 Å². The standard InChI is InChI=1S/C20H25N3O2/c1-13(2)19-10-9-18(11-14(19)3)25-12-20(24)23-22-15(4)16-5-7-17(21)8-6-16/h5-11,13H,12,21H2,1-4H3,(H,23,24)/b22-15+. The molecule has 132 valence electrons. The van der Waals surface area contributed by atoms with E-state index >= 15 is 0 Å². The zero-order valence-corrected chi connectivity index (χ0v) is 15.2. The van der Waals surface area contributed by atoms with Gasteiger partial charge in [-0.15, -0.1) is 0 Å². The van der Waals surface area contributed by atoms with Crippen LogP contribution >= 0.6 is 0 Å². The number of amides is 1. The highest BCUT2D eigenvalue weighted by Gasteiger charge is 2.07. The number of nitrogens with one attached hydrogen (secondary N) is 1. The van der Waals surface area contributed by atoms with Gasteiger partial charge in [-0.3, -0.25) is 4.79 Å². The number of hydrazone groups is 1. The number of nitrogens with zero attached hydrogens (tertiary/aromatic N) is 1. The number of anilines is 1. The first-order chi connectivity index (χ1) is 11.9. The Hall–Kier alpha value is -2.82. The zero-order valence-electron chi connectivity index (χ0n) is 15.2. The van der Waals surface area contributed by atoms with Crippen molar-refractivity contribution >= 4 is 17.3 Å². The average Bonchev–Trinajstić information content (AvgIpc) is 2.58. The molecular weight excluding hydrogens is 314 g/mol. The van der Waals surface area contributed by atoms with Gasteiger partial charge >= 0.3 is 0 Å². The van der Waals surface area contributed by atoms with Crippen LogP contribution in [0.2, 0.25) is 0 Å². The molecule has 25 heavy (non-hydrogen) atoms. The third kappa shape index (κ3) is 5.35. The van der Waals surface area contributed by atoms with E-state index in [0.29, 0.717) is 23.1 Å². The summed E-state index contributed by atoms with van der Waals surface area (Å²) in [6.45, 7) is 8.08. The number of ether oxygens (including phenoxy) is 1. The van der Waals surface area contributed by atoms with E-state index in [1.807, 2.05) is 44.2 Å². The van der Waals surface area contributed by atoms with Gasteiger partial charge in [-0.1, -0.05) is 32.0 Å². The van der Waals surface area contributed by atoms with Gasteiger partial charge in [-0.05, 0) is 60.7 Å². The summed E-state index contributed by atoms with van der Waals surface area (Å²) in [5, 5.41) is 4.09. The van der Waals surface area contributed by atoms with Crippen LogP contribution in [-0.2, 0) is 4.79 Å². The molecule has 5 heteroatoms. The zero-order chi connectivity index (χ0) is 18.4. The molecule has 2 rings (SSSR count). The molecule has 0 radical (unpaired) electrons. The van der Waals surface area contributed by atoms with E-state index < -0.39 is 0 Å². The van der Waals surface area contributed by atoms with E-state index in [1.54, 1.807) is 12.1 Å². The number of benzene rings is 2. The molecule has 0 bridgehead atoms. The Kier molecular flexibility index (Phi) is 6.17. The lowest BCUT2D eigenvalue weighted by molar-refractivity contribution is -0.123. The lowest BCUT2D eigenvalue weighted by Gasteiger charge is -2.12. The monoisotopic (exact) mass is 339 g/mol. The molecule has 0 saturated carbocycles. The summed E-state index contributed by atoms with van der Waals surface area (Å²) in [5.74, 6) is 0.833. The van der Waals surface area contributed by atoms with Crippen LogP contribution in [0.4, 0.5) is 5.69 Å². The van der Waals surface area contributed by atoms with E-state index in [4.69, 9.17) is 10.5 Å². The van der Waals surface area contributed by atoms with Gasteiger partial charge in [0.15, 0.2) is 6.61 Å². The summed E-state index contributed by atoms with van der Waals surface area (Å²) in [5.41, 5.74) is 12.9. The van der Waals surface area contributed by atoms with Crippen molar-refractivity contribution < 1.29 is 9.53 Å². The first kappa shape index (κ1) is 18.5. The molecule has 0 aliphatic rings. The minimum Gasteiger partial charge on any atom is -0.484 e. The van der Waals surface area contributed by atoms with Gasteiger partial charge in [0, 0.05) is 5.69 Å². The maximum atomic E-state index is 11.9. The molecule has 0 fully saturated rings. The Labute approximate surface area is 148 Å². The van der Waals surface area contributed by atoms with Gasteiger partial charge in [0.2, 0.25) is 0 Å². The van der Waals surface area contributed by atoms with Crippen molar-refractivity contribution in [3.05, 3.63) is 59.2 Å². The van der Waals surface area contributed by atoms with E-state index in [9.17, 15) is 4.79 Å². The predicted octanol–water partition coefficient (Wildman–Crippen LogP) is 3.62. The van der Waals surface area contributed by atoms with Crippen LogP contribution in [0.15, 0.2) is 47.6 Å². The van der Waals surface area contributed by atoms with Crippen molar-refractivity contribution in [1.82, 2.24) is 5.43 Å². The molecule has 0 saturated heterocycles. The van der Waals surface area contributed by atoms with Gasteiger partial charge < -0.3 is 10.5 Å². The number of rotatable bonds is 6. The Balaban J connectivity index is 1.89. The molecule has 0 aromatic heterocycles. The number of hydrogen-bond donors (Lipinski definition) is 2. The Morgan fingerprint density at radius 1 is 1.20 bits per heavy atom. The molecule has 0 aliphatic heterocycles. The van der Waals surface area contributed by atoms with Crippen LogP contribution in [0.1, 0.15) is 43.4 Å². The molecule has 5 nitrogen and oxygen atoms in total. The molecule has 0 spiro atoms. The van der Waals surface area contributed by atoms with E-state index in [0.717, 1.165) is 11.1 Å². The third-order valence-corrected chi connectivity index (χ3v) is 3.91. The van der Waals surface area contributed by atoms with Crippen LogP contribution in [0.3, 0.4) is 0 Å². The summed E-state index contributed by atoms with van der Waals surface area (Å²) >= 11 is 0. The Bertz CT molecular complexity index is 765. The summed E-state index contributed by atoms with van der Waals surface area (Å²) < 4.78 is 5.54. The average molecular weight is 339 g/mol. The van der Waals surface area contributed by atoms with Gasteiger partial charge in [-0.2, -0.15) is 5.10 Å².